The van der Waals surface area contributed by atoms with Gasteiger partial charge in [-0.15, -0.1) is 11.3 Å². The van der Waals surface area contributed by atoms with Gasteiger partial charge >= 0.3 is 0 Å². The lowest BCUT2D eigenvalue weighted by Gasteiger charge is -2.02. The molecule has 96 valence electrons. The Morgan fingerprint density at radius 3 is 2.56 bits per heavy atom. The molecule has 2 aromatic rings. The molecule has 0 aliphatic rings. The predicted octanol–water partition coefficient (Wildman–Crippen LogP) is 4.23. The maximum atomic E-state index is 4.57. The summed E-state index contributed by atoms with van der Waals surface area (Å²) < 4.78 is 0. The first-order valence-electron chi connectivity index (χ1n) is 6.42. The zero-order valence-corrected chi connectivity index (χ0v) is 12.1. The summed E-state index contributed by atoms with van der Waals surface area (Å²) in [5, 5.41) is 4.46. The van der Waals surface area contributed by atoms with Crippen molar-refractivity contribution >= 4 is 16.5 Å². The summed E-state index contributed by atoms with van der Waals surface area (Å²) in [6.07, 6.45) is 1.04. The van der Waals surface area contributed by atoms with Crippen LogP contribution in [0.2, 0.25) is 0 Å². The zero-order chi connectivity index (χ0) is 13.0. The molecule has 0 saturated heterocycles. The Kier molecular flexibility index (Phi) is 4.37. The van der Waals surface area contributed by atoms with Crippen molar-refractivity contribution < 1.29 is 0 Å². The van der Waals surface area contributed by atoms with Crippen LogP contribution in [0.5, 0.6) is 0 Å². The van der Waals surface area contributed by atoms with Crippen molar-refractivity contribution in [3.8, 4) is 0 Å². The molecule has 0 fully saturated rings. The third-order valence-corrected chi connectivity index (χ3v) is 4.31. The van der Waals surface area contributed by atoms with Crippen LogP contribution in [0.3, 0.4) is 0 Å². The highest BCUT2D eigenvalue weighted by Gasteiger charge is 2.10. The molecule has 1 aromatic heterocycles. The second-order valence-corrected chi connectivity index (χ2v) is 5.82. The highest BCUT2D eigenvalue weighted by Crippen LogP contribution is 2.28. The van der Waals surface area contributed by atoms with E-state index in [0.717, 1.165) is 23.8 Å². The Morgan fingerprint density at radius 1 is 1.22 bits per heavy atom. The zero-order valence-electron chi connectivity index (χ0n) is 11.2. The van der Waals surface area contributed by atoms with Gasteiger partial charge in [-0.3, -0.25) is 0 Å². The predicted molar refractivity (Wildman–Crippen MR) is 79.6 cm³/mol. The van der Waals surface area contributed by atoms with Gasteiger partial charge in [0.15, 0.2) is 5.13 Å². The molecule has 18 heavy (non-hydrogen) atoms. The Labute approximate surface area is 113 Å². The normalized spacial score (nSPS) is 10.9. The topological polar surface area (TPSA) is 24.9 Å². The molecule has 0 aliphatic heterocycles. The van der Waals surface area contributed by atoms with Crippen molar-refractivity contribution in [1.82, 2.24) is 4.98 Å². The molecule has 2 rings (SSSR count). The number of aromatic nitrogens is 1. The second kappa shape index (κ2) is 6.01. The fourth-order valence-corrected chi connectivity index (χ4v) is 2.97. The minimum Gasteiger partial charge on any atom is -0.361 e. The molecule has 0 spiro atoms. The Balaban J connectivity index is 1.89. The molecule has 0 aliphatic carbocycles. The number of nitrogens with one attached hydrogen (secondary N) is 1. The monoisotopic (exact) mass is 260 g/mol. The van der Waals surface area contributed by atoms with E-state index in [2.05, 4.69) is 61.4 Å². The highest BCUT2D eigenvalue weighted by atomic mass is 32.1. The van der Waals surface area contributed by atoms with Gasteiger partial charge in [-0.05, 0) is 24.8 Å². The summed E-state index contributed by atoms with van der Waals surface area (Å²) in [5.41, 5.74) is 2.53. The Bertz CT molecular complexity index is 488. The quantitative estimate of drug-likeness (QED) is 0.870. The van der Waals surface area contributed by atoms with E-state index in [1.54, 1.807) is 11.3 Å². The minimum absolute atomic E-state index is 0.562. The summed E-state index contributed by atoms with van der Waals surface area (Å²) in [4.78, 5) is 5.96. The Hall–Kier alpha value is -1.35. The van der Waals surface area contributed by atoms with Crippen molar-refractivity contribution in [3.63, 3.8) is 0 Å². The first kappa shape index (κ1) is 13.1. The second-order valence-electron chi connectivity index (χ2n) is 4.79. The molecule has 0 amide bonds. The van der Waals surface area contributed by atoms with E-state index in [4.69, 9.17) is 0 Å². The number of hydrogen-bond acceptors (Lipinski definition) is 3. The van der Waals surface area contributed by atoms with Crippen molar-refractivity contribution in [2.24, 2.45) is 0 Å². The first-order valence-corrected chi connectivity index (χ1v) is 7.23. The van der Waals surface area contributed by atoms with Gasteiger partial charge < -0.3 is 5.32 Å². The van der Waals surface area contributed by atoms with E-state index in [1.165, 1.54) is 10.4 Å². The van der Waals surface area contributed by atoms with Gasteiger partial charge in [0.2, 0.25) is 0 Å². The molecule has 1 aromatic carbocycles. The molecule has 0 atom stereocenters. The Morgan fingerprint density at radius 2 is 1.94 bits per heavy atom. The molecule has 2 nitrogen and oxygen atoms in total. The van der Waals surface area contributed by atoms with E-state index in [9.17, 15) is 0 Å². The van der Waals surface area contributed by atoms with Gasteiger partial charge in [-0.25, -0.2) is 4.98 Å². The van der Waals surface area contributed by atoms with Crippen LogP contribution in [0.25, 0.3) is 0 Å². The SMILES string of the molecule is Cc1nc(NCCc2ccccc2)sc1C(C)C. The maximum absolute atomic E-state index is 4.57. The van der Waals surface area contributed by atoms with Crippen molar-refractivity contribution in [1.29, 1.82) is 0 Å². The van der Waals surface area contributed by atoms with Crippen LogP contribution in [0.15, 0.2) is 30.3 Å². The standard InChI is InChI=1S/C15H20N2S/c1-11(2)14-12(3)17-15(18-14)16-10-9-13-7-5-4-6-8-13/h4-8,11H,9-10H2,1-3H3,(H,16,17). The van der Waals surface area contributed by atoms with Gasteiger partial charge in [-0.2, -0.15) is 0 Å². The lowest BCUT2D eigenvalue weighted by atomic mass is 10.1. The number of nitrogens with zero attached hydrogens (tertiary/aromatic N) is 1. The third-order valence-electron chi connectivity index (χ3n) is 2.89. The van der Waals surface area contributed by atoms with Crippen molar-refractivity contribution in [2.75, 3.05) is 11.9 Å². The molecule has 1 N–H and O–H groups in total. The van der Waals surface area contributed by atoms with E-state index in [0.29, 0.717) is 5.92 Å². The molecular formula is C15H20N2S. The van der Waals surface area contributed by atoms with Crippen LogP contribution < -0.4 is 5.32 Å². The number of hydrogen-bond donors (Lipinski definition) is 1. The van der Waals surface area contributed by atoms with Crippen LogP contribution >= 0.6 is 11.3 Å². The van der Waals surface area contributed by atoms with E-state index < -0.39 is 0 Å². The lowest BCUT2D eigenvalue weighted by molar-refractivity contribution is 0.873. The van der Waals surface area contributed by atoms with Gasteiger partial charge in [0, 0.05) is 11.4 Å². The maximum Gasteiger partial charge on any atom is 0.183 e. The third kappa shape index (κ3) is 3.33. The lowest BCUT2D eigenvalue weighted by Crippen LogP contribution is -2.04. The summed E-state index contributed by atoms with van der Waals surface area (Å²) >= 11 is 1.78. The van der Waals surface area contributed by atoms with Gasteiger partial charge in [0.1, 0.15) is 0 Å². The highest BCUT2D eigenvalue weighted by molar-refractivity contribution is 7.15. The largest absolute Gasteiger partial charge is 0.361 e. The molecule has 0 unspecified atom stereocenters. The molecule has 0 radical (unpaired) electrons. The summed E-state index contributed by atoms with van der Waals surface area (Å²) in [6, 6.07) is 10.5. The van der Waals surface area contributed by atoms with Gasteiger partial charge in [0.05, 0.1) is 5.69 Å². The molecular weight excluding hydrogens is 240 g/mol. The van der Waals surface area contributed by atoms with E-state index >= 15 is 0 Å². The average Bonchev–Trinajstić information content (AvgIpc) is 2.72. The summed E-state index contributed by atoms with van der Waals surface area (Å²) in [5.74, 6) is 0.562. The van der Waals surface area contributed by atoms with Crippen LogP contribution in [0.1, 0.15) is 35.9 Å². The molecule has 3 heteroatoms. The fraction of sp³-hybridized carbons (Fsp3) is 0.400. The molecule has 0 bridgehead atoms. The summed E-state index contributed by atoms with van der Waals surface area (Å²) in [7, 11) is 0. The number of benzene rings is 1. The van der Waals surface area contributed by atoms with E-state index in [-0.39, 0.29) is 0 Å². The van der Waals surface area contributed by atoms with Crippen LogP contribution in [-0.2, 0) is 6.42 Å². The first-order chi connectivity index (χ1) is 8.66. The van der Waals surface area contributed by atoms with Gasteiger partial charge in [-0.1, -0.05) is 44.2 Å². The van der Waals surface area contributed by atoms with Crippen LogP contribution in [0, 0.1) is 6.92 Å². The number of aryl methyl sites for hydroxylation is 1. The fourth-order valence-electron chi connectivity index (χ4n) is 1.98. The molecule has 1 heterocycles. The van der Waals surface area contributed by atoms with Gasteiger partial charge in [0.25, 0.3) is 0 Å². The number of anilines is 1. The smallest absolute Gasteiger partial charge is 0.183 e. The summed E-state index contributed by atoms with van der Waals surface area (Å²) in [6.45, 7) is 7.46. The minimum atomic E-state index is 0.562. The van der Waals surface area contributed by atoms with Crippen molar-refractivity contribution in [2.45, 2.75) is 33.1 Å². The van der Waals surface area contributed by atoms with Crippen molar-refractivity contribution in [3.05, 3.63) is 46.5 Å². The van der Waals surface area contributed by atoms with Crippen LogP contribution in [0.4, 0.5) is 5.13 Å². The molecule has 0 saturated carbocycles. The van der Waals surface area contributed by atoms with Crippen LogP contribution in [-0.4, -0.2) is 11.5 Å². The van der Waals surface area contributed by atoms with E-state index in [1.807, 2.05) is 0 Å². The number of thiazole rings is 1. The average molecular weight is 260 g/mol. The number of rotatable bonds is 5.